The van der Waals surface area contributed by atoms with E-state index in [1.807, 2.05) is 6.07 Å². The summed E-state index contributed by atoms with van der Waals surface area (Å²) in [7, 11) is 0. The summed E-state index contributed by atoms with van der Waals surface area (Å²) in [5, 5.41) is 9.61. The van der Waals surface area contributed by atoms with E-state index in [0.717, 1.165) is 6.29 Å². The molecule has 0 spiro atoms. The highest BCUT2D eigenvalue weighted by Gasteiger charge is 2.08. The minimum atomic E-state index is 0.165. The fourth-order valence-corrected chi connectivity index (χ4v) is 1.42. The lowest BCUT2D eigenvalue weighted by Gasteiger charge is -1.97. The van der Waals surface area contributed by atoms with E-state index in [-0.39, 0.29) is 5.75 Å². The lowest BCUT2D eigenvalue weighted by Crippen LogP contribution is -1.86. The summed E-state index contributed by atoms with van der Waals surface area (Å²) >= 11 is 0. The van der Waals surface area contributed by atoms with E-state index in [0.29, 0.717) is 30.0 Å². The first kappa shape index (κ1) is 10.4. The number of phenolic OH excluding ortho intramolecular Hbond substituents is 1. The van der Waals surface area contributed by atoms with Crippen LogP contribution >= 0.6 is 0 Å². The highest BCUT2D eigenvalue weighted by molar-refractivity contribution is 5.65. The number of nitrogens with zero attached hydrogens (tertiary/aromatic N) is 1. The van der Waals surface area contributed by atoms with Crippen molar-refractivity contribution in [3.8, 4) is 17.0 Å². The fraction of sp³-hybridized carbons (Fsp3) is 0.167. The second-order valence-corrected chi connectivity index (χ2v) is 3.35. The van der Waals surface area contributed by atoms with Crippen LogP contribution in [0.15, 0.2) is 34.9 Å². The fourth-order valence-electron chi connectivity index (χ4n) is 1.42. The number of aromatic hydroxyl groups is 1. The molecule has 16 heavy (non-hydrogen) atoms. The van der Waals surface area contributed by atoms with E-state index in [4.69, 9.17) is 4.42 Å². The summed E-state index contributed by atoms with van der Waals surface area (Å²) < 4.78 is 5.20. The zero-order valence-corrected chi connectivity index (χ0v) is 8.59. The first-order valence-electron chi connectivity index (χ1n) is 4.97. The van der Waals surface area contributed by atoms with Crippen LogP contribution in [0.4, 0.5) is 0 Å². The molecule has 4 nitrogen and oxygen atoms in total. The average molecular weight is 217 g/mol. The largest absolute Gasteiger partial charge is 0.507 e. The van der Waals surface area contributed by atoms with Gasteiger partial charge in [-0.2, -0.15) is 0 Å². The molecule has 0 aliphatic carbocycles. The van der Waals surface area contributed by atoms with Gasteiger partial charge >= 0.3 is 0 Å². The summed E-state index contributed by atoms with van der Waals surface area (Å²) in [4.78, 5) is 14.4. The first-order chi connectivity index (χ1) is 7.81. The second kappa shape index (κ2) is 4.61. The van der Waals surface area contributed by atoms with Crippen LogP contribution in [0.2, 0.25) is 0 Å². The zero-order chi connectivity index (χ0) is 11.4. The Balaban J connectivity index is 2.25. The van der Waals surface area contributed by atoms with Crippen molar-refractivity contribution in [1.82, 2.24) is 4.98 Å². The first-order valence-corrected chi connectivity index (χ1v) is 4.97. The van der Waals surface area contributed by atoms with Crippen LogP contribution in [-0.2, 0) is 11.2 Å². The molecule has 1 heterocycles. The Kier molecular flexibility index (Phi) is 3.00. The maximum Gasteiger partial charge on any atom is 0.194 e. The number of carbonyl (C=O) groups is 1. The number of phenols is 1. The Morgan fingerprint density at radius 2 is 2.19 bits per heavy atom. The number of oxazole rings is 1. The standard InChI is InChI=1S/C12H11NO3/c14-7-3-6-12-13-10(8-16-12)9-4-1-2-5-11(9)15/h1-2,4-5,7-8,15H,3,6H2. The molecule has 0 unspecified atom stereocenters. The van der Waals surface area contributed by atoms with Crippen molar-refractivity contribution in [1.29, 1.82) is 0 Å². The molecule has 0 bridgehead atoms. The Bertz CT molecular complexity index is 491. The monoisotopic (exact) mass is 217 g/mol. The second-order valence-electron chi connectivity index (χ2n) is 3.35. The third-order valence-corrected chi connectivity index (χ3v) is 2.21. The van der Waals surface area contributed by atoms with Gasteiger partial charge in [0.25, 0.3) is 0 Å². The van der Waals surface area contributed by atoms with Crippen LogP contribution in [-0.4, -0.2) is 16.4 Å². The van der Waals surface area contributed by atoms with E-state index >= 15 is 0 Å². The molecule has 1 aromatic heterocycles. The number of aldehydes is 1. The van der Waals surface area contributed by atoms with Crippen LogP contribution < -0.4 is 0 Å². The molecule has 1 N–H and O–H groups in total. The van der Waals surface area contributed by atoms with Crippen LogP contribution in [0.5, 0.6) is 5.75 Å². The molecule has 0 aliphatic rings. The predicted molar refractivity (Wildman–Crippen MR) is 58.0 cm³/mol. The summed E-state index contributed by atoms with van der Waals surface area (Å²) in [6.07, 6.45) is 3.18. The van der Waals surface area contributed by atoms with Gasteiger partial charge in [0, 0.05) is 18.4 Å². The number of rotatable bonds is 4. The topological polar surface area (TPSA) is 63.3 Å². The van der Waals surface area contributed by atoms with Crippen molar-refractivity contribution >= 4 is 6.29 Å². The quantitative estimate of drug-likeness (QED) is 0.797. The van der Waals surface area contributed by atoms with Gasteiger partial charge in [0.2, 0.25) is 0 Å². The lowest BCUT2D eigenvalue weighted by atomic mass is 10.1. The number of hydrogen-bond donors (Lipinski definition) is 1. The number of aryl methyl sites for hydroxylation is 1. The Morgan fingerprint density at radius 1 is 1.38 bits per heavy atom. The summed E-state index contributed by atoms with van der Waals surface area (Å²) in [5.74, 6) is 0.670. The van der Waals surface area contributed by atoms with Gasteiger partial charge in [-0.3, -0.25) is 0 Å². The summed E-state index contributed by atoms with van der Waals surface area (Å²) in [6.45, 7) is 0. The number of carbonyl (C=O) groups excluding carboxylic acids is 1. The van der Waals surface area contributed by atoms with Gasteiger partial charge in [0.1, 0.15) is 24.0 Å². The molecule has 0 atom stereocenters. The van der Waals surface area contributed by atoms with Gasteiger partial charge < -0.3 is 14.3 Å². The van der Waals surface area contributed by atoms with Gasteiger partial charge in [-0.05, 0) is 12.1 Å². The number of hydrogen-bond acceptors (Lipinski definition) is 4. The molecule has 82 valence electrons. The van der Waals surface area contributed by atoms with Crippen molar-refractivity contribution in [2.24, 2.45) is 0 Å². The number of aromatic nitrogens is 1. The normalized spacial score (nSPS) is 10.2. The maximum atomic E-state index is 10.2. The smallest absolute Gasteiger partial charge is 0.194 e. The minimum absolute atomic E-state index is 0.165. The van der Waals surface area contributed by atoms with Crippen LogP contribution in [0.25, 0.3) is 11.3 Å². The molecule has 4 heteroatoms. The van der Waals surface area contributed by atoms with Gasteiger partial charge in [-0.1, -0.05) is 12.1 Å². The average Bonchev–Trinajstić information content (AvgIpc) is 2.75. The predicted octanol–water partition coefficient (Wildman–Crippen LogP) is 2.18. The Hall–Kier alpha value is -2.10. The molecular weight excluding hydrogens is 206 g/mol. The molecular formula is C12H11NO3. The Labute approximate surface area is 92.6 Å². The highest BCUT2D eigenvalue weighted by Crippen LogP contribution is 2.27. The van der Waals surface area contributed by atoms with Gasteiger partial charge in [0.15, 0.2) is 5.89 Å². The molecule has 0 fully saturated rings. The van der Waals surface area contributed by atoms with Crippen molar-refractivity contribution < 1.29 is 14.3 Å². The minimum Gasteiger partial charge on any atom is -0.507 e. The Morgan fingerprint density at radius 3 is 2.94 bits per heavy atom. The van der Waals surface area contributed by atoms with Crippen molar-refractivity contribution in [3.05, 3.63) is 36.4 Å². The molecule has 0 saturated carbocycles. The number of para-hydroxylation sites is 1. The zero-order valence-electron chi connectivity index (χ0n) is 8.59. The van der Waals surface area contributed by atoms with Gasteiger partial charge in [0.05, 0.1) is 0 Å². The molecule has 2 aromatic rings. The molecule has 0 aliphatic heterocycles. The van der Waals surface area contributed by atoms with Crippen molar-refractivity contribution in [2.45, 2.75) is 12.8 Å². The molecule has 0 amide bonds. The third-order valence-electron chi connectivity index (χ3n) is 2.21. The van der Waals surface area contributed by atoms with Gasteiger partial charge in [-0.15, -0.1) is 0 Å². The van der Waals surface area contributed by atoms with Crippen LogP contribution in [0, 0.1) is 0 Å². The van der Waals surface area contributed by atoms with E-state index in [1.54, 1.807) is 18.2 Å². The molecule has 0 saturated heterocycles. The van der Waals surface area contributed by atoms with Crippen LogP contribution in [0.1, 0.15) is 12.3 Å². The third kappa shape index (κ3) is 2.11. The van der Waals surface area contributed by atoms with E-state index < -0.39 is 0 Å². The molecule has 0 radical (unpaired) electrons. The highest BCUT2D eigenvalue weighted by atomic mass is 16.3. The van der Waals surface area contributed by atoms with E-state index in [9.17, 15) is 9.90 Å². The lowest BCUT2D eigenvalue weighted by molar-refractivity contribution is -0.107. The van der Waals surface area contributed by atoms with Crippen molar-refractivity contribution in [3.63, 3.8) is 0 Å². The summed E-state index contributed by atoms with van der Waals surface area (Å²) in [5.41, 5.74) is 1.21. The van der Waals surface area contributed by atoms with Crippen molar-refractivity contribution in [2.75, 3.05) is 0 Å². The van der Waals surface area contributed by atoms with Crippen LogP contribution in [0.3, 0.4) is 0 Å². The van der Waals surface area contributed by atoms with E-state index in [2.05, 4.69) is 4.98 Å². The summed E-state index contributed by atoms with van der Waals surface area (Å²) in [6, 6.07) is 6.91. The van der Waals surface area contributed by atoms with Gasteiger partial charge in [-0.25, -0.2) is 4.98 Å². The van der Waals surface area contributed by atoms with E-state index in [1.165, 1.54) is 6.26 Å². The number of benzene rings is 1. The molecule has 2 rings (SSSR count). The SMILES string of the molecule is O=CCCc1nc(-c2ccccc2O)co1. The maximum absolute atomic E-state index is 10.2. The molecule has 1 aromatic carbocycles.